The van der Waals surface area contributed by atoms with Crippen molar-refractivity contribution in [3.8, 4) is 0 Å². The minimum atomic E-state index is -0.972. The van der Waals surface area contributed by atoms with E-state index in [0.29, 0.717) is 12.8 Å². The summed E-state index contributed by atoms with van der Waals surface area (Å²) in [6.07, 6.45) is 4.32. The largest absolute Gasteiger partial charge is 0.480 e. The van der Waals surface area contributed by atoms with Crippen LogP contribution in [0.5, 0.6) is 0 Å². The Labute approximate surface area is 172 Å². The van der Waals surface area contributed by atoms with E-state index in [1.807, 2.05) is 60.9 Å². The van der Waals surface area contributed by atoms with E-state index in [-0.39, 0.29) is 0 Å². The molecule has 0 saturated heterocycles. The lowest BCUT2D eigenvalue weighted by atomic mass is 10.1. The van der Waals surface area contributed by atoms with Crippen LogP contribution in [0.25, 0.3) is 21.8 Å². The molecule has 0 aliphatic carbocycles. The van der Waals surface area contributed by atoms with Gasteiger partial charge in [-0.05, 0) is 23.3 Å². The van der Waals surface area contributed by atoms with Gasteiger partial charge in [0.2, 0.25) is 0 Å². The first kappa shape index (κ1) is 21.1. The summed E-state index contributed by atoms with van der Waals surface area (Å²) in [7, 11) is 0. The van der Waals surface area contributed by atoms with Crippen molar-refractivity contribution in [2.75, 3.05) is 0 Å². The van der Waals surface area contributed by atoms with Crippen molar-refractivity contribution >= 4 is 33.7 Å². The number of fused-ring (bicyclic) bond motifs is 2. The molecule has 0 spiro atoms. The van der Waals surface area contributed by atoms with Gasteiger partial charge in [0.25, 0.3) is 0 Å². The van der Waals surface area contributed by atoms with Gasteiger partial charge in [-0.15, -0.1) is 0 Å². The third-order valence-corrected chi connectivity index (χ3v) is 4.86. The Morgan fingerprint density at radius 2 is 1.10 bits per heavy atom. The second kappa shape index (κ2) is 9.25. The number of nitrogens with one attached hydrogen (secondary N) is 2. The molecule has 8 nitrogen and oxygen atoms in total. The molecular weight excluding hydrogens is 384 g/mol. The van der Waals surface area contributed by atoms with Crippen molar-refractivity contribution in [2.24, 2.45) is 11.5 Å². The van der Waals surface area contributed by atoms with Gasteiger partial charge in [-0.1, -0.05) is 36.4 Å². The smallest absolute Gasteiger partial charge is 0.320 e. The fourth-order valence-corrected chi connectivity index (χ4v) is 3.25. The van der Waals surface area contributed by atoms with Crippen LogP contribution < -0.4 is 11.5 Å². The molecular formula is C22H24N4O4. The van der Waals surface area contributed by atoms with Crippen LogP contribution in [-0.2, 0) is 22.4 Å². The van der Waals surface area contributed by atoms with E-state index in [2.05, 4.69) is 9.97 Å². The van der Waals surface area contributed by atoms with Crippen LogP contribution in [0.4, 0.5) is 0 Å². The van der Waals surface area contributed by atoms with Gasteiger partial charge in [-0.3, -0.25) is 9.59 Å². The van der Waals surface area contributed by atoms with Gasteiger partial charge >= 0.3 is 11.9 Å². The van der Waals surface area contributed by atoms with E-state index < -0.39 is 24.0 Å². The van der Waals surface area contributed by atoms with Crippen molar-refractivity contribution in [1.82, 2.24) is 9.97 Å². The van der Waals surface area contributed by atoms with Gasteiger partial charge < -0.3 is 31.6 Å². The second-order valence-corrected chi connectivity index (χ2v) is 7.02. The number of para-hydroxylation sites is 2. The Balaban J connectivity index is 0.000000171. The normalized spacial score (nSPS) is 12.9. The van der Waals surface area contributed by atoms with E-state index in [9.17, 15) is 9.59 Å². The Bertz CT molecular complexity index is 1070. The van der Waals surface area contributed by atoms with Crippen molar-refractivity contribution in [2.45, 2.75) is 24.9 Å². The highest BCUT2D eigenvalue weighted by molar-refractivity contribution is 5.85. The Hall–Kier alpha value is -3.62. The molecule has 0 aliphatic rings. The molecule has 30 heavy (non-hydrogen) atoms. The van der Waals surface area contributed by atoms with Crippen LogP contribution in [0, 0.1) is 0 Å². The lowest BCUT2D eigenvalue weighted by Gasteiger charge is -2.04. The number of carbonyl (C=O) groups is 2. The van der Waals surface area contributed by atoms with E-state index in [1.54, 1.807) is 0 Å². The van der Waals surface area contributed by atoms with Crippen molar-refractivity contribution in [3.63, 3.8) is 0 Å². The number of aliphatic carboxylic acids is 2. The Morgan fingerprint density at radius 1 is 0.733 bits per heavy atom. The number of nitrogens with two attached hydrogens (primary N) is 2. The fourth-order valence-electron chi connectivity index (χ4n) is 3.25. The number of carboxylic acids is 2. The van der Waals surface area contributed by atoms with Gasteiger partial charge in [0.1, 0.15) is 12.1 Å². The Kier molecular flexibility index (Phi) is 6.51. The Morgan fingerprint density at radius 3 is 1.47 bits per heavy atom. The summed E-state index contributed by atoms with van der Waals surface area (Å²) >= 11 is 0. The number of H-pyrrole nitrogens is 2. The molecule has 0 aliphatic heterocycles. The second-order valence-electron chi connectivity index (χ2n) is 7.02. The maximum Gasteiger partial charge on any atom is 0.320 e. The molecule has 4 aromatic rings. The van der Waals surface area contributed by atoms with Gasteiger partial charge in [0.05, 0.1) is 0 Å². The van der Waals surface area contributed by atoms with Gasteiger partial charge in [-0.2, -0.15) is 0 Å². The van der Waals surface area contributed by atoms with Gasteiger partial charge in [0.15, 0.2) is 0 Å². The quantitative estimate of drug-likeness (QED) is 0.287. The molecule has 0 radical (unpaired) electrons. The first-order valence-corrected chi connectivity index (χ1v) is 9.43. The molecule has 2 aromatic carbocycles. The SMILES string of the molecule is N[C@@H](Cc1c[nH]c2ccccc12)C(=O)O.N[C@H](Cc1c[nH]c2ccccc12)C(=O)O. The molecule has 2 heterocycles. The summed E-state index contributed by atoms with van der Waals surface area (Å²) < 4.78 is 0. The highest BCUT2D eigenvalue weighted by atomic mass is 16.4. The molecule has 0 fully saturated rings. The topological polar surface area (TPSA) is 158 Å². The van der Waals surface area contributed by atoms with E-state index in [0.717, 1.165) is 32.9 Å². The molecule has 0 bridgehead atoms. The average molecular weight is 408 g/mol. The van der Waals surface area contributed by atoms with Crippen LogP contribution in [0.1, 0.15) is 11.1 Å². The predicted molar refractivity (Wildman–Crippen MR) is 115 cm³/mol. The summed E-state index contributed by atoms with van der Waals surface area (Å²) in [6, 6.07) is 13.8. The van der Waals surface area contributed by atoms with E-state index in [4.69, 9.17) is 21.7 Å². The standard InChI is InChI=1S/2C11H12N2O2/c2*12-9(11(14)15)5-7-6-13-10-4-2-1-3-8(7)10/h2*1-4,6,9,13H,5,12H2,(H,14,15)/t2*9-/m10/s1. The third kappa shape index (κ3) is 4.86. The highest BCUT2D eigenvalue weighted by Gasteiger charge is 2.15. The number of carboxylic acid groups (broad SMARTS) is 2. The molecule has 156 valence electrons. The minimum Gasteiger partial charge on any atom is -0.480 e. The summed E-state index contributed by atoms with van der Waals surface area (Å²) in [4.78, 5) is 27.4. The summed E-state index contributed by atoms with van der Waals surface area (Å²) in [6.45, 7) is 0. The van der Waals surface area contributed by atoms with Crippen LogP contribution in [-0.4, -0.2) is 44.2 Å². The van der Waals surface area contributed by atoms with E-state index >= 15 is 0 Å². The van der Waals surface area contributed by atoms with Crippen molar-refractivity contribution in [3.05, 3.63) is 72.1 Å². The number of aromatic nitrogens is 2. The van der Waals surface area contributed by atoms with Crippen LogP contribution in [0.3, 0.4) is 0 Å². The molecule has 4 rings (SSSR count). The lowest BCUT2D eigenvalue weighted by Crippen LogP contribution is -2.32. The molecule has 8 N–H and O–H groups in total. The first-order valence-electron chi connectivity index (χ1n) is 9.43. The molecule has 0 unspecified atom stereocenters. The first-order chi connectivity index (χ1) is 14.4. The molecule has 0 amide bonds. The predicted octanol–water partition coefficient (Wildman–Crippen LogP) is 2.24. The summed E-state index contributed by atoms with van der Waals surface area (Å²) in [5, 5.41) is 19.5. The lowest BCUT2D eigenvalue weighted by molar-refractivity contribution is -0.139. The summed E-state index contributed by atoms with van der Waals surface area (Å²) in [5.74, 6) is -1.94. The minimum absolute atomic E-state index is 0.347. The number of hydrogen-bond donors (Lipinski definition) is 6. The zero-order valence-corrected chi connectivity index (χ0v) is 16.2. The van der Waals surface area contributed by atoms with E-state index in [1.165, 1.54) is 0 Å². The number of rotatable bonds is 6. The zero-order valence-electron chi connectivity index (χ0n) is 16.2. The van der Waals surface area contributed by atoms with Crippen LogP contribution in [0.15, 0.2) is 60.9 Å². The number of hydrogen-bond acceptors (Lipinski definition) is 4. The number of benzene rings is 2. The fraction of sp³-hybridized carbons (Fsp3) is 0.182. The third-order valence-electron chi connectivity index (χ3n) is 4.86. The molecule has 2 aromatic heterocycles. The van der Waals surface area contributed by atoms with Crippen molar-refractivity contribution in [1.29, 1.82) is 0 Å². The monoisotopic (exact) mass is 408 g/mol. The maximum atomic E-state index is 10.6. The van der Waals surface area contributed by atoms with Crippen LogP contribution >= 0.6 is 0 Å². The van der Waals surface area contributed by atoms with Crippen molar-refractivity contribution < 1.29 is 19.8 Å². The summed E-state index contributed by atoms with van der Waals surface area (Å²) in [5.41, 5.74) is 14.9. The van der Waals surface area contributed by atoms with Gasteiger partial charge in [-0.25, -0.2) is 0 Å². The molecule has 0 saturated carbocycles. The average Bonchev–Trinajstić information content (AvgIpc) is 3.33. The zero-order chi connectivity index (χ0) is 21.7. The van der Waals surface area contributed by atoms with Gasteiger partial charge in [0, 0.05) is 47.0 Å². The molecule has 8 heteroatoms. The number of aromatic amines is 2. The molecule has 2 atom stereocenters. The highest BCUT2D eigenvalue weighted by Crippen LogP contribution is 2.19. The maximum absolute atomic E-state index is 10.6. The van der Waals surface area contributed by atoms with Crippen LogP contribution in [0.2, 0.25) is 0 Å².